The van der Waals surface area contributed by atoms with Crippen LogP contribution in [0.4, 0.5) is 11.8 Å². The Morgan fingerprint density at radius 3 is 2.33 bits per heavy atom. The van der Waals surface area contributed by atoms with Crippen molar-refractivity contribution in [3.63, 3.8) is 0 Å². The maximum absolute atomic E-state index is 6.02. The molecular formula is C14H10Cl2N4S. The van der Waals surface area contributed by atoms with Crippen LogP contribution in [0.25, 0.3) is 10.9 Å². The van der Waals surface area contributed by atoms with Gasteiger partial charge >= 0.3 is 0 Å². The molecule has 0 spiro atoms. The Morgan fingerprint density at radius 2 is 1.57 bits per heavy atom. The summed E-state index contributed by atoms with van der Waals surface area (Å²) in [4.78, 5) is 10.1. The van der Waals surface area contributed by atoms with Crippen LogP contribution >= 0.6 is 35.0 Å². The SMILES string of the molecule is Nc1nc(N)c2cc(Sc3ccc(Cl)c(Cl)c3)ccc2n1. The first-order chi connectivity index (χ1) is 10.0. The standard InChI is InChI=1S/C14H10Cl2N4S/c15-10-3-1-8(6-11(10)16)21-7-2-4-12-9(5-7)13(17)20-14(18)19-12/h1-6H,(H4,17,18,19,20). The van der Waals surface area contributed by atoms with Crippen LogP contribution in [0, 0.1) is 0 Å². The molecule has 4 nitrogen and oxygen atoms in total. The molecule has 3 rings (SSSR count). The molecule has 0 amide bonds. The average molecular weight is 337 g/mol. The van der Waals surface area contributed by atoms with Crippen LogP contribution in [0.15, 0.2) is 46.2 Å². The first kappa shape index (κ1) is 14.3. The third-order valence-electron chi connectivity index (χ3n) is 2.84. The van der Waals surface area contributed by atoms with E-state index in [1.54, 1.807) is 17.8 Å². The van der Waals surface area contributed by atoms with E-state index in [1.165, 1.54) is 0 Å². The summed E-state index contributed by atoms with van der Waals surface area (Å²) in [7, 11) is 0. The summed E-state index contributed by atoms with van der Waals surface area (Å²) >= 11 is 13.5. The Balaban J connectivity index is 1.99. The van der Waals surface area contributed by atoms with E-state index in [2.05, 4.69) is 9.97 Å². The number of rotatable bonds is 2. The fourth-order valence-corrected chi connectivity index (χ4v) is 3.15. The predicted molar refractivity (Wildman–Crippen MR) is 88.9 cm³/mol. The average Bonchev–Trinajstić information content (AvgIpc) is 2.43. The molecule has 1 heterocycles. The van der Waals surface area contributed by atoms with Gasteiger partial charge in [-0.25, -0.2) is 4.98 Å². The van der Waals surface area contributed by atoms with Crippen molar-refractivity contribution in [2.45, 2.75) is 9.79 Å². The maximum atomic E-state index is 6.02. The third kappa shape index (κ3) is 3.00. The van der Waals surface area contributed by atoms with Crippen molar-refractivity contribution < 1.29 is 0 Å². The minimum absolute atomic E-state index is 0.171. The molecule has 3 aromatic rings. The summed E-state index contributed by atoms with van der Waals surface area (Å²) in [6.07, 6.45) is 0. The van der Waals surface area contributed by atoms with Gasteiger partial charge in [0.05, 0.1) is 15.6 Å². The van der Waals surface area contributed by atoms with Gasteiger partial charge < -0.3 is 11.5 Å². The third-order valence-corrected chi connectivity index (χ3v) is 4.56. The van der Waals surface area contributed by atoms with E-state index in [0.717, 1.165) is 20.7 Å². The largest absolute Gasteiger partial charge is 0.383 e. The molecule has 0 aliphatic rings. The number of hydrogen-bond donors (Lipinski definition) is 2. The second-order valence-corrected chi connectivity index (χ2v) is 6.29. The van der Waals surface area contributed by atoms with Crippen molar-refractivity contribution in [1.29, 1.82) is 0 Å². The highest BCUT2D eigenvalue weighted by molar-refractivity contribution is 7.99. The second-order valence-electron chi connectivity index (χ2n) is 4.32. The van der Waals surface area contributed by atoms with E-state index < -0.39 is 0 Å². The van der Waals surface area contributed by atoms with Crippen molar-refractivity contribution in [3.05, 3.63) is 46.4 Å². The van der Waals surface area contributed by atoms with Gasteiger partial charge in [-0.2, -0.15) is 4.98 Å². The number of aromatic nitrogens is 2. The number of halogens is 2. The minimum atomic E-state index is 0.171. The van der Waals surface area contributed by atoms with Gasteiger partial charge in [0, 0.05) is 15.2 Å². The van der Waals surface area contributed by atoms with Crippen molar-refractivity contribution in [2.24, 2.45) is 0 Å². The Labute approximate surface area is 135 Å². The highest BCUT2D eigenvalue weighted by atomic mass is 35.5. The first-order valence-electron chi connectivity index (χ1n) is 5.98. The molecule has 0 saturated heterocycles. The highest BCUT2D eigenvalue weighted by Gasteiger charge is 2.06. The molecule has 106 valence electrons. The lowest BCUT2D eigenvalue weighted by atomic mass is 10.2. The van der Waals surface area contributed by atoms with Crippen LogP contribution in [0.3, 0.4) is 0 Å². The van der Waals surface area contributed by atoms with E-state index >= 15 is 0 Å². The molecule has 0 fully saturated rings. The number of benzene rings is 2. The fourth-order valence-electron chi connectivity index (χ4n) is 1.89. The monoisotopic (exact) mass is 336 g/mol. The number of nitrogens with zero attached hydrogens (tertiary/aromatic N) is 2. The molecule has 0 atom stereocenters. The summed E-state index contributed by atoms with van der Waals surface area (Å²) in [6.45, 7) is 0. The molecule has 0 bridgehead atoms. The summed E-state index contributed by atoms with van der Waals surface area (Å²) in [5.74, 6) is 0.541. The number of nitrogen functional groups attached to an aromatic ring is 2. The van der Waals surface area contributed by atoms with Crippen LogP contribution in [0.2, 0.25) is 10.0 Å². The minimum Gasteiger partial charge on any atom is -0.383 e. The number of hydrogen-bond acceptors (Lipinski definition) is 5. The van der Waals surface area contributed by atoms with Crippen molar-refractivity contribution in [3.8, 4) is 0 Å². The molecule has 21 heavy (non-hydrogen) atoms. The van der Waals surface area contributed by atoms with E-state index in [-0.39, 0.29) is 5.95 Å². The van der Waals surface area contributed by atoms with Crippen LogP contribution in [-0.2, 0) is 0 Å². The van der Waals surface area contributed by atoms with Gasteiger partial charge in [-0.05, 0) is 36.4 Å². The fraction of sp³-hybridized carbons (Fsp3) is 0. The second kappa shape index (κ2) is 5.60. The molecule has 0 aliphatic heterocycles. The Bertz CT molecular complexity index is 839. The lowest BCUT2D eigenvalue weighted by Gasteiger charge is -2.06. The molecule has 1 aromatic heterocycles. The van der Waals surface area contributed by atoms with Crippen molar-refractivity contribution in [2.75, 3.05) is 11.5 Å². The molecule has 4 N–H and O–H groups in total. The van der Waals surface area contributed by atoms with Crippen molar-refractivity contribution in [1.82, 2.24) is 9.97 Å². The Hall–Kier alpha value is -1.69. The van der Waals surface area contributed by atoms with Gasteiger partial charge in [0.1, 0.15) is 5.82 Å². The molecule has 0 radical (unpaired) electrons. The first-order valence-corrected chi connectivity index (χ1v) is 7.56. The predicted octanol–water partition coefficient (Wildman–Crippen LogP) is 4.25. The summed E-state index contributed by atoms with van der Waals surface area (Å²) in [5.41, 5.74) is 12.2. The smallest absolute Gasteiger partial charge is 0.222 e. The highest BCUT2D eigenvalue weighted by Crippen LogP contribution is 2.34. The molecular weight excluding hydrogens is 327 g/mol. The number of anilines is 2. The molecule has 0 aliphatic carbocycles. The maximum Gasteiger partial charge on any atom is 0.222 e. The number of nitrogens with two attached hydrogens (primary N) is 2. The zero-order valence-corrected chi connectivity index (χ0v) is 13.0. The van der Waals surface area contributed by atoms with Crippen LogP contribution in [-0.4, -0.2) is 9.97 Å². The van der Waals surface area contributed by atoms with E-state index in [9.17, 15) is 0 Å². The van der Waals surface area contributed by atoms with E-state index in [1.807, 2.05) is 30.3 Å². The molecule has 0 unspecified atom stereocenters. The Kier molecular flexibility index (Phi) is 3.80. The molecule has 7 heteroatoms. The van der Waals surface area contributed by atoms with Gasteiger partial charge in [0.15, 0.2) is 0 Å². The van der Waals surface area contributed by atoms with Crippen LogP contribution < -0.4 is 11.5 Å². The zero-order valence-electron chi connectivity index (χ0n) is 10.7. The summed E-state index contributed by atoms with van der Waals surface area (Å²) in [6, 6.07) is 11.2. The van der Waals surface area contributed by atoms with Gasteiger partial charge in [-0.3, -0.25) is 0 Å². The zero-order chi connectivity index (χ0) is 15.0. The quantitative estimate of drug-likeness (QED) is 0.731. The lowest BCUT2D eigenvalue weighted by molar-refractivity contribution is 1.24. The van der Waals surface area contributed by atoms with E-state index in [0.29, 0.717) is 15.9 Å². The van der Waals surface area contributed by atoms with Gasteiger partial charge in [-0.15, -0.1) is 0 Å². The van der Waals surface area contributed by atoms with Gasteiger partial charge in [0.2, 0.25) is 5.95 Å². The molecule has 0 saturated carbocycles. The topological polar surface area (TPSA) is 77.8 Å². The summed E-state index contributed by atoms with van der Waals surface area (Å²) < 4.78 is 0. The molecule has 2 aromatic carbocycles. The number of fused-ring (bicyclic) bond motifs is 1. The normalized spacial score (nSPS) is 11.0. The van der Waals surface area contributed by atoms with Gasteiger partial charge in [0.25, 0.3) is 0 Å². The van der Waals surface area contributed by atoms with Gasteiger partial charge in [-0.1, -0.05) is 35.0 Å². The van der Waals surface area contributed by atoms with E-state index in [4.69, 9.17) is 34.7 Å². The Morgan fingerprint density at radius 1 is 0.857 bits per heavy atom. The summed E-state index contributed by atoms with van der Waals surface area (Å²) in [5, 5.41) is 1.83. The van der Waals surface area contributed by atoms with Crippen LogP contribution in [0.5, 0.6) is 0 Å². The lowest BCUT2D eigenvalue weighted by Crippen LogP contribution is -2.00. The van der Waals surface area contributed by atoms with Crippen molar-refractivity contribution >= 4 is 57.6 Å². The van der Waals surface area contributed by atoms with Crippen LogP contribution in [0.1, 0.15) is 0 Å².